The molecule has 0 saturated heterocycles. The van der Waals surface area contributed by atoms with Crippen LogP contribution >= 0.6 is 0 Å². The zero-order chi connectivity index (χ0) is 19.5. The maximum absolute atomic E-state index is 13.0. The second-order valence-corrected chi connectivity index (χ2v) is 8.36. The minimum atomic E-state index is -3.76. The first-order chi connectivity index (χ1) is 12.2. The summed E-state index contributed by atoms with van der Waals surface area (Å²) in [7, 11) is -2.27. The number of aryl methyl sites for hydroxylation is 1. The van der Waals surface area contributed by atoms with E-state index in [9.17, 15) is 13.2 Å². The molecule has 1 amide bonds. The van der Waals surface area contributed by atoms with Crippen LogP contribution in [0.1, 0.15) is 37.4 Å². The Bertz CT molecular complexity index is 856. The van der Waals surface area contributed by atoms with Crippen molar-refractivity contribution in [3.63, 3.8) is 0 Å². The molecule has 0 aliphatic heterocycles. The smallest absolute Gasteiger partial charge is 0.246 e. The van der Waals surface area contributed by atoms with E-state index in [2.05, 4.69) is 10.4 Å². The number of carbonyl (C=O) groups excluding carboxylic acids is 1. The van der Waals surface area contributed by atoms with Gasteiger partial charge in [0.1, 0.15) is 17.2 Å². The van der Waals surface area contributed by atoms with Gasteiger partial charge in [-0.2, -0.15) is 9.40 Å². The molecule has 0 unspecified atom stereocenters. The number of amides is 1. The lowest BCUT2D eigenvalue weighted by Crippen LogP contribution is -2.35. The first-order valence-electron chi connectivity index (χ1n) is 8.48. The molecule has 0 saturated carbocycles. The molecule has 0 bridgehead atoms. The van der Waals surface area contributed by atoms with E-state index in [4.69, 9.17) is 4.42 Å². The first kappa shape index (κ1) is 20.2. The molecule has 2 aromatic rings. The van der Waals surface area contributed by atoms with Crippen LogP contribution in [0.2, 0.25) is 0 Å². The topological polar surface area (TPSA) is 97.4 Å². The lowest BCUT2D eigenvalue weighted by Gasteiger charge is -2.16. The SMILES string of the molecule is CC[C@H](C)NC(=O)Cn1nc(C)c(S(=O)(=O)N(C)Cc2ccco2)c1C. The van der Waals surface area contributed by atoms with Gasteiger partial charge < -0.3 is 9.73 Å². The third-order valence-corrected chi connectivity index (χ3v) is 6.31. The third-order valence-electron chi connectivity index (χ3n) is 4.26. The highest BCUT2D eigenvalue weighted by atomic mass is 32.2. The van der Waals surface area contributed by atoms with E-state index < -0.39 is 10.0 Å². The summed E-state index contributed by atoms with van der Waals surface area (Å²) in [5.74, 6) is 0.351. The predicted octanol–water partition coefficient (Wildman–Crippen LogP) is 1.83. The van der Waals surface area contributed by atoms with Crippen molar-refractivity contribution in [2.24, 2.45) is 0 Å². The van der Waals surface area contributed by atoms with Gasteiger partial charge in [0.25, 0.3) is 0 Å². The fraction of sp³-hybridized carbons (Fsp3) is 0.529. The number of aromatic nitrogens is 2. The van der Waals surface area contributed by atoms with Crippen molar-refractivity contribution in [1.82, 2.24) is 19.4 Å². The molecule has 2 aromatic heterocycles. The van der Waals surface area contributed by atoms with Gasteiger partial charge in [-0.15, -0.1) is 0 Å². The minimum absolute atomic E-state index is 0.0194. The molecule has 0 aliphatic rings. The Morgan fingerprint density at radius 3 is 2.69 bits per heavy atom. The average molecular weight is 382 g/mol. The number of rotatable bonds is 8. The summed E-state index contributed by atoms with van der Waals surface area (Å²) < 4.78 is 33.8. The van der Waals surface area contributed by atoms with Crippen LogP contribution in [0.5, 0.6) is 0 Å². The van der Waals surface area contributed by atoms with Crippen LogP contribution in [0.3, 0.4) is 0 Å². The van der Waals surface area contributed by atoms with Gasteiger partial charge >= 0.3 is 0 Å². The van der Waals surface area contributed by atoms with Gasteiger partial charge in [0.2, 0.25) is 15.9 Å². The van der Waals surface area contributed by atoms with Crippen molar-refractivity contribution in [2.45, 2.75) is 58.1 Å². The number of nitrogens with one attached hydrogen (secondary N) is 1. The summed E-state index contributed by atoms with van der Waals surface area (Å²) in [5, 5.41) is 7.11. The Labute approximate surface area is 154 Å². The van der Waals surface area contributed by atoms with Crippen LogP contribution in [-0.2, 0) is 27.9 Å². The summed E-state index contributed by atoms with van der Waals surface area (Å²) in [6.07, 6.45) is 2.32. The van der Waals surface area contributed by atoms with Crippen molar-refractivity contribution in [3.8, 4) is 0 Å². The average Bonchev–Trinajstić information content (AvgIpc) is 3.15. The molecule has 2 rings (SSSR count). The highest BCUT2D eigenvalue weighted by Crippen LogP contribution is 2.24. The highest BCUT2D eigenvalue weighted by Gasteiger charge is 2.29. The van der Waals surface area contributed by atoms with Crippen LogP contribution in [0, 0.1) is 13.8 Å². The van der Waals surface area contributed by atoms with E-state index in [1.807, 2.05) is 13.8 Å². The molecule has 8 nitrogen and oxygen atoms in total. The molecular formula is C17H26N4O4S. The van der Waals surface area contributed by atoms with Gasteiger partial charge in [0.15, 0.2) is 0 Å². The number of hydrogen-bond acceptors (Lipinski definition) is 5. The van der Waals surface area contributed by atoms with Gasteiger partial charge in [0.05, 0.1) is 24.2 Å². The van der Waals surface area contributed by atoms with E-state index in [-0.39, 0.29) is 29.9 Å². The standard InChI is InChI=1S/C17H26N4O4S/c1-6-12(2)18-16(22)11-21-14(4)17(13(3)19-21)26(23,24)20(5)10-15-8-7-9-25-15/h7-9,12H,6,10-11H2,1-5H3,(H,18,22)/t12-/m0/s1. The molecule has 0 fully saturated rings. The fourth-order valence-corrected chi connectivity index (χ4v) is 4.13. The van der Waals surface area contributed by atoms with Crippen molar-refractivity contribution >= 4 is 15.9 Å². The Morgan fingerprint density at radius 1 is 1.42 bits per heavy atom. The lowest BCUT2D eigenvalue weighted by atomic mass is 10.2. The summed E-state index contributed by atoms with van der Waals surface area (Å²) in [5.41, 5.74) is 0.804. The van der Waals surface area contributed by atoms with Crippen molar-refractivity contribution < 1.29 is 17.6 Å². The summed E-state index contributed by atoms with van der Waals surface area (Å²) in [6, 6.07) is 3.48. The number of sulfonamides is 1. The van der Waals surface area contributed by atoms with Gasteiger partial charge in [-0.1, -0.05) is 6.92 Å². The molecule has 1 N–H and O–H groups in total. The van der Waals surface area contributed by atoms with Crippen LogP contribution in [-0.4, -0.2) is 41.5 Å². The quantitative estimate of drug-likeness (QED) is 0.751. The molecule has 9 heteroatoms. The van der Waals surface area contributed by atoms with Crippen LogP contribution < -0.4 is 5.32 Å². The van der Waals surface area contributed by atoms with Crippen molar-refractivity contribution in [1.29, 1.82) is 0 Å². The lowest BCUT2D eigenvalue weighted by molar-refractivity contribution is -0.122. The largest absolute Gasteiger partial charge is 0.468 e. The third kappa shape index (κ3) is 4.34. The number of furan rings is 1. The molecule has 0 radical (unpaired) electrons. The molecule has 26 heavy (non-hydrogen) atoms. The van der Waals surface area contributed by atoms with Crippen molar-refractivity contribution in [3.05, 3.63) is 35.5 Å². The molecule has 0 aliphatic carbocycles. The normalized spacial score (nSPS) is 13.2. The Kier molecular flexibility index (Phi) is 6.25. The Balaban J connectivity index is 2.24. The van der Waals surface area contributed by atoms with E-state index in [0.29, 0.717) is 17.1 Å². The second-order valence-electron chi connectivity index (χ2n) is 6.37. The molecular weight excluding hydrogens is 356 g/mol. The maximum Gasteiger partial charge on any atom is 0.246 e. The van der Waals surface area contributed by atoms with E-state index in [1.54, 1.807) is 26.0 Å². The number of carbonyl (C=O) groups is 1. The Morgan fingerprint density at radius 2 is 2.12 bits per heavy atom. The maximum atomic E-state index is 13.0. The zero-order valence-corrected chi connectivity index (χ0v) is 16.6. The Hall–Kier alpha value is -2.13. The van der Waals surface area contributed by atoms with Crippen LogP contribution in [0.15, 0.2) is 27.7 Å². The van der Waals surface area contributed by atoms with Gasteiger partial charge in [-0.3, -0.25) is 9.48 Å². The van der Waals surface area contributed by atoms with E-state index >= 15 is 0 Å². The van der Waals surface area contributed by atoms with E-state index in [0.717, 1.165) is 6.42 Å². The molecule has 2 heterocycles. The van der Waals surface area contributed by atoms with E-state index in [1.165, 1.54) is 22.3 Å². The molecule has 144 valence electrons. The summed E-state index contributed by atoms with van der Waals surface area (Å²) >= 11 is 0. The van der Waals surface area contributed by atoms with Crippen LogP contribution in [0.25, 0.3) is 0 Å². The van der Waals surface area contributed by atoms with Gasteiger partial charge in [0, 0.05) is 13.1 Å². The molecule has 1 atom stereocenters. The van der Waals surface area contributed by atoms with Gasteiger partial charge in [-0.25, -0.2) is 8.42 Å². The number of nitrogens with zero attached hydrogens (tertiary/aromatic N) is 3. The van der Waals surface area contributed by atoms with Crippen LogP contribution in [0.4, 0.5) is 0 Å². The monoisotopic (exact) mass is 382 g/mol. The number of hydrogen-bond donors (Lipinski definition) is 1. The van der Waals surface area contributed by atoms with Crippen molar-refractivity contribution in [2.75, 3.05) is 7.05 Å². The predicted molar refractivity (Wildman–Crippen MR) is 97.0 cm³/mol. The highest BCUT2D eigenvalue weighted by molar-refractivity contribution is 7.89. The molecule has 0 aromatic carbocycles. The summed E-state index contributed by atoms with van der Waals surface area (Å²) in [6.45, 7) is 7.28. The minimum Gasteiger partial charge on any atom is -0.468 e. The fourth-order valence-electron chi connectivity index (χ4n) is 2.63. The molecule has 0 spiro atoms. The second kappa shape index (κ2) is 8.05. The van der Waals surface area contributed by atoms with Gasteiger partial charge in [-0.05, 0) is 39.3 Å². The first-order valence-corrected chi connectivity index (χ1v) is 9.92. The summed E-state index contributed by atoms with van der Waals surface area (Å²) in [4.78, 5) is 12.2. The zero-order valence-electron chi connectivity index (χ0n) is 15.8.